The lowest BCUT2D eigenvalue weighted by molar-refractivity contribution is 0.380. The number of nitrogens with one attached hydrogen (secondary N) is 1. The average molecular weight is 243 g/mol. The van der Waals surface area contributed by atoms with E-state index in [1.807, 2.05) is 0 Å². The van der Waals surface area contributed by atoms with Crippen molar-refractivity contribution in [3.05, 3.63) is 11.2 Å². The van der Waals surface area contributed by atoms with Gasteiger partial charge in [0.25, 0.3) is 0 Å². The first kappa shape index (κ1) is 11.4. The molecule has 0 saturated carbocycles. The van der Waals surface area contributed by atoms with Crippen LogP contribution in [-0.2, 0) is 0 Å². The van der Waals surface area contributed by atoms with Crippen LogP contribution in [0.3, 0.4) is 0 Å². The van der Waals surface area contributed by atoms with Crippen LogP contribution in [0.25, 0.3) is 0 Å². The summed E-state index contributed by atoms with van der Waals surface area (Å²) in [5, 5.41) is 3.83. The van der Waals surface area contributed by atoms with Crippen LogP contribution in [0.4, 0.5) is 5.82 Å². The van der Waals surface area contributed by atoms with Gasteiger partial charge in [-0.25, -0.2) is 4.98 Å². The van der Waals surface area contributed by atoms with Gasteiger partial charge < -0.3 is 15.0 Å². The molecular formula is C10H15ClN4O. The van der Waals surface area contributed by atoms with Crippen molar-refractivity contribution in [2.45, 2.75) is 12.5 Å². The van der Waals surface area contributed by atoms with E-state index >= 15 is 0 Å². The number of ether oxygens (including phenoxy) is 1. The number of aromatic nitrogens is 2. The monoisotopic (exact) mass is 242 g/mol. The van der Waals surface area contributed by atoms with E-state index in [2.05, 4.69) is 27.2 Å². The third-order valence-corrected chi connectivity index (χ3v) is 2.91. The summed E-state index contributed by atoms with van der Waals surface area (Å²) in [7, 11) is 3.64. The minimum Gasteiger partial charge on any atom is -0.467 e. The van der Waals surface area contributed by atoms with Crippen LogP contribution in [0.1, 0.15) is 6.42 Å². The second kappa shape index (κ2) is 4.84. The van der Waals surface area contributed by atoms with Gasteiger partial charge in [-0.15, -0.1) is 0 Å². The van der Waals surface area contributed by atoms with Crippen molar-refractivity contribution in [1.82, 2.24) is 14.9 Å². The Morgan fingerprint density at radius 3 is 3.06 bits per heavy atom. The second-order valence-corrected chi connectivity index (χ2v) is 4.35. The second-order valence-electron chi connectivity index (χ2n) is 3.95. The highest BCUT2D eigenvalue weighted by molar-refractivity contribution is 6.32. The summed E-state index contributed by atoms with van der Waals surface area (Å²) in [4.78, 5) is 10.4. The number of methoxy groups -OCH3 is 1. The smallest absolute Gasteiger partial charge is 0.318 e. The molecule has 1 fully saturated rings. The SMILES string of the molecule is COc1ncc(Cl)c(NC2CCN(C)C2)n1. The Morgan fingerprint density at radius 1 is 1.62 bits per heavy atom. The molecule has 0 amide bonds. The van der Waals surface area contributed by atoms with Crippen LogP contribution in [-0.4, -0.2) is 48.2 Å². The number of hydrogen-bond acceptors (Lipinski definition) is 5. The van der Waals surface area contributed by atoms with Gasteiger partial charge >= 0.3 is 6.01 Å². The molecule has 1 aliphatic rings. The number of halogens is 1. The van der Waals surface area contributed by atoms with E-state index in [0.29, 0.717) is 22.9 Å². The molecule has 0 aliphatic carbocycles. The first-order valence-electron chi connectivity index (χ1n) is 5.20. The quantitative estimate of drug-likeness (QED) is 0.865. The summed E-state index contributed by atoms with van der Waals surface area (Å²) in [5.74, 6) is 0.647. The summed E-state index contributed by atoms with van der Waals surface area (Å²) in [5.41, 5.74) is 0. The Hall–Kier alpha value is -1.07. The van der Waals surface area contributed by atoms with Gasteiger partial charge in [0.1, 0.15) is 5.02 Å². The van der Waals surface area contributed by atoms with Crippen LogP contribution in [0.15, 0.2) is 6.20 Å². The zero-order chi connectivity index (χ0) is 11.5. The zero-order valence-corrected chi connectivity index (χ0v) is 10.2. The predicted octanol–water partition coefficient (Wildman–Crippen LogP) is 1.25. The van der Waals surface area contributed by atoms with Crippen LogP contribution in [0, 0.1) is 0 Å². The molecule has 0 aromatic carbocycles. The number of hydrogen-bond donors (Lipinski definition) is 1. The van der Waals surface area contributed by atoms with Gasteiger partial charge in [0.2, 0.25) is 0 Å². The Bertz CT molecular complexity index is 374. The largest absolute Gasteiger partial charge is 0.467 e. The standard InChI is InChI=1S/C10H15ClN4O/c1-15-4-3-7(6-15)13-9-8(11)5-12-10(14-9)16-2/h5,7H,3-4,6H2,1-2H3,(H,12,13,14). The lowest BCUT2D eigenvalue weighted by Crippen LogP contribution is -2.24. The Balaban J connectivity index is 2.08. The molecule has 0 radical (unpaired) electrons. The number of anilines is 1. The molecule has 1 aliphatic heterocycles. The fourth-order valence-electron chi connectivity index (χ4n) is 1.80. The van der Waals surface area contributed by atoms with Gasteiger partial charge in [-0.1, -0.05) is 11.6 Å². The average Bonchev–Trinajstić information content (AvgIpc) is 2.67. The molecule has 6 heteroatoms. The molecule has 2 rings (SSSR count). The van der Waals surface area contributed by atoms with Crippen molar-refractivity contribution in [3.8, 4) is 6.01 Å². The lowest BCUT2D eigenvalue weighted by Gasteiger charge is -2.14. The van der Waals surface area contributed by atoms with Crippen LogP contribution < -0.4 is 10.1 Å². The third-order valence-electron chi connectivity index (χ3n) is 2.64. The fraction of sp³-hybridized carbons (Fsp3) is 0.600. The topological polar surface area (TPSA) is 50.3 Å². The molecule has 1 unspecified atom stereocenters. The Kier molecular flexibility index (Phi) is 3.46. The van der Waals surface area contributed by atoms with E-state index < -0.39 is 0 Å². The minimum atomic E-state index is 0.332. The van der Waals surface area contributed by atoms with Gasteiger partial charge in [-0.2, -0.15) is 4.98 Å². The molecule has 88 valence electrons. The van der Waals surface area contributed by atoms with Crippen LogP contribution >= 0.6 is 11.6 Å². The number of likely N-dealkylation sites (N-methyl/N-ethyl adjacent to an activating group) is 1. The van der Waals surface area contributed by atoms with Gasteiger partial charge in [0.05, 0.1) is 13.3 Å². The van der Waals surface area contributed by atoms with Crippen molar-refractivity contribution >= 4 is 17.4 Å². The molecular weight excluding hydrogens is 228 g/mol. The number of rotatable bonds is 3. The van der Waals surface area contributed by atoms with Crippen molar-refractivity contribution in [2.24, 2.45) is 0 Å². The summed E-state index contributed by atoms with van der Waals surface area (Å²) >= 11 is 6.01. The van der Waals surface area contributed by atoms with Gasteiger partial charge in [-0.3, -0.25) is 0 Å². The highest BCUT2D eigenvalue weighted by Gasteiger charge is 2.20. The summed E-state index contributed by atoms with van der Waals surface area (Å²) in [6.45, 7) is 2.10. The van der Waals surface area contributed by atoms with Crippen molar-refractivity contribution in [3.63, 3.8) is 0 Å². The number of likely N-dealkylation sites (tertiary alicyclic amines) is 1. The molecule has 1 saturated heterocycles. The molecule has 1 N–H and O–H groups in total. The molecule has 0 bridgehead atoms. The van der Waals surface area contributed by atoms with E-state index in [4.69, 9.17) is 16.3 Å². The van der Waals surface area contributed by atoms with Gasteiger partial charge in [-0.05, 0) is 20.0 Å². The van der Waals surface area contributed by atoms with E-state index in [1.165, 1.54) is 7.11 Å². The molecule has 16 heavy (non-hydrogen) atoms. The van der Waals surface area contributed by atoms with Crippen LogP contribution in [0.2, 0.25) is 5.02 Å². The molecule has 0 spiro atoms. The molecule has 5 nitrogen and oxygen atoms in total. The molecule has 2 heterocycles. The Morgan fingerprint density at radius 2 is 2.44 bits per heavy atom. The first-order chi connectivity index (χ1) is 7.69. The maximum absolute atomic E-state index is 6.01. The molecule has 1 aromatic rings. The van der Waals surface area contributed by atoms with E-state index in [9.17, 15) is 0 Å². The maximum Gasteiger partial charge on any atom is 0.318 e. The highest BCUT2D eigenvalue weighted by atomic mass is 35.5. The highest BCUT2D eigenvalue weighted by Crippen LogP contribution is 2.22. The Labute approximate surface area is 99.8 Å². The predicted molar refractivity (Wildman–Crippen MR) is 63.1 cm³/mol. The van der Waals surface area contributed by atoms with Gasteiger partial charge in [0, 0.05) is 12.6 Å². The number of nitrogens with zero attached hydrogens (tertiary/aromatic N) is 3. The lowest BCUT2D eigenvalue weighted by atomic mass is 10.2. The summed E-state index contributed by atoms with van der Waals surface area (Å²) in [6, 6.07) is 0.723. The van der Waals surface area contributed by atoms with E-state index in [0.717, 1.165) is 19.5 Å². The third kappa shape index (κ3) is 2.54. The minimum absolute atomic E-state index is 0.332. The van der Waals surface area contributed by atoms with Gasteiger partial charge in [0.15, 0.2) is 5.82 Å². The van der Waals surface area contributed by atoms with Crippen molar-refractivity contribution in [1.29, 1.82) is 0 Å². The van der Waals surface area contributed by atoms with E-state index in [-0.39, 0.29) is 0 Å². The van der Waals surface area contributed by atoms with Crippen LogP contribution in [0.5, 0.6) is 6.01 Å². The normalized spacial score (nSPS) is 21.1. The zero-order valence-electron chi connectivity index (χ0n) is 9.40. The molecule has 1 aromatic heterocycles. The fourth-order valence-corrected chi connectivity index (χ4v) is 1.94. The maximum atomic E-state index is 6.01. The van der Waals surface area contributed by atoms with Crippen molar-refractivity contribution < 1.29 is 4.74 Å². The summed E-state index contributed by atoms with van der Waals surface area (Å²) in [6.07, 6.45) is 2.65. The van der Waals surface area contributed by atoms with E-state index in [1.54, 1.807) is 6.20 Å². The first-order valence-corrected chi connectivity index (χ1v) is 5.58. The summed E-state index contributed by atoms with van der Waals surface area (Å²) < 4.78 is 4.96. The molecule has 1 atom stereocenters. The van der Waals surface area contributed by atoms with Crippen molar-refractivity contribution in [2.75, 3.05) is 32.6 Å².